The molecule has 0 radical (unpaired) electrons. The highest BCUT2D eigenvalue weighted by molar-refractivity contribution is 5.97. The summed E-state index contributed by atoms with van der Waals surface area (Å²) in [7, 11) is 2.45. The van der Waals surface area contributed by atoms with Crippen LogP contribution >= 0.6 is 0 Å². The van der Waals surface area contributed by atoms with Gasteiger partial charge in [0.1, 0.15) is 12.6 Å². The van der Waals surface area contributed by atoms with Crippen molar-refractivity contribution in [2.75, 3.05) is 27.4 Å². The van der Waals surface area contributed by atoms with Crippen molar-refractivity contribution in [1.82, 2.24) is 15.2 Å². The number of oxazole rings is 1. The Kier molecular flexibility index (Phi) is 11.0. The highest BCUT2D eigenvalue weighted by Crippen LogP contribution is 2.37. The minimum Gasteiger partial charge on any atom is -0.489 e. The second kappa shape index (κ2) is 15.3. The molecule has 1 aliphatic carbocycles. The third-order valence-corrected chi connectivity index (χ3v) is 7.95. The Labute approximate surface area is 279 Å². The quantitative estimate of drug-likeness (QED) is 0.193. The summed E-state index contributed by atoms with van der Waals surface area (Å²) in [5.74, 6) is -1.82. The number of carbonyl (C=O) groups excluding carboxylic acids is 4. The van der Waals surface area contributed by atoms with E-state index in [0.29, 0.717) is 29.2 Å². The Morgan fingerprint density at radius 3 is 2.43 bits per heavy atom. The predicted octanol–water partition coefficient (Wildman–Crippen LogP) is 4.22. The number of carbonyl (C=O) groups is 4. The molecule has 1 aliphatic heterocycles. The van der Waals surface area contributed by atoms with Gasteiger partial charge in [-0.05, 0) is 61.6 Å². The molecule has 0 spiro atoms. The molecular weight excluding hydrogens is 650 g/mol. The third-order valence-electron chi connectivity index (χ3n) is 7.95. The lowest BCUT2D eigenvalue weighted by Gasteiger charge is -2.22. The molecule has 3 N–H and O–H groups in total. The fraction of sp³-hybridized carbons (Fsp3) is 0.424. The first-order valence-electron chi connectivity index (χ1n) is 15.4. The topological polar surface area (TPSA) is 182 Å². The molecule has 5 rings (SSSR count). The smallest absolute Gasteiger partial charge is 0.407 e. The number of alkyl carbamates (subject to hydrolysis) is 1. The van der Waals surface area contributed by atoms with Crippen LogP contribution < -0.4 is 20.5 Å². The number of hydrogen-bond acceptors (Lipinski definition) is 12. The van der Waals surface area contributed by atoms with Crippen LogP contribution in [0.4, 0.5) is 13.6 Å². The number of nitrogens with one attached hydrogen (secondary N) is 1. The summed E-state index contributed by atoms with van der Waals surface area (Å²) < 4.78 is 57.4. The van der Waals surface area contributed by atoms with Crippen LogP contribution in [-0.4, -0.2) is 79.9 Å². The molecule has 2 fully saturated rings. The monoisotopic (exact) mass is 686 g/mol. The van der Waals surface area contributed by atoms with Crippen molar-refractivity contribution < 1.29 is 56.1 Å². The van der Waals surface area contributed by atoms with E-state index in [1.54, 1.807) is 19.1 Å². The average molecular weight is 687 g/mol. The normalized spacial score (nSPS) is 17.7. The highest BCUT2D eigenvalue weighted by Gasteiger charge is 2.43. The van der Waals surface area contributed by atoms with Gasteiger partial charge in [-0.1, -0.05) is 12.1 Å². The summed E-state index contributed by atoms with van der Waals surface area (Å²) in [6.45, 7) is -1.44. The van der Waals surface area contributed by atoms with Gasteiger partial charge in [-0.25, -0.2) is 19.4 Å². The lowest BCUT2D eigenvalue weighted by atomic mass is 10.1. The molecule has 2 amide bonds. The Hall–Kier alpha value is -5.25. The molecule has 0 unspecified atom stereocenters. The summed E-state index contributed by atoms with van der Waals surface area (Å²) in [6, 6.07) is 7.75. The number of alkyl halides is 2. The van der Waals surface area contributed by atoms with Gasteiger partial charge < -0.3 is 44.1 Å². The summed E-state index contributed by atoms with van der Waals surface area (Å²) in [6.07, 6.45) is 1.19. The van der Waals surface area contributed by atoms with Gasteiger partial charge in [0.25, 0.3) is 5.91 Å². The van der Waals surface area contributed by atoms with E-state index < -0.39 is 48.7 Å². The summed E-state index contributed by atoms with van der Waals surface area (Å²) in [4.78, 5) is 56.9. The highest BCUT2D eigenvalue weighted by atomic mass is 19.3. The molecule has 1 saturated carbocycles. The molecule has 49 heavy (non-hydrogen) atoms. The van der Waals surface area contributed by atoms with E-state index >= 15 is 0 Å². The molecule has 16 heteroatoms. The van der Waals surface area contributed by atoms with Gasteiger partial charge in [-0.15, -0.1) is 0 Å². The fourth-order valence-electron chi connectivity index (χ4n) is 5.21. The van der Waals surface area contributed by atoms with Crippen LogP contribution in [0.1, 0.15) is 64.4 Å². The molecule has 262 valence electrons. The maximum atomic E-state index is 14.1. The van der Waals surface area contributed by atoms with Crippen molar-refractivity contribution >= 4 is 23.9 Å². The number of ether oxygens (including phenoxy) is 5. The maximum absolute atomic E-state index is 14.1. The van der Waals surface area contributed by atoms with Crippen LogP contribution in [0.5, 0.6) is 11.5 Å². The lowest BCUT2D eigenvalue weighted by Crippen LogP contribution is -2.42. The van der Waals surface area contributed by atoms with E-state index in [0.717, 1.165) is 12.8 Å². The van der Waals surface area contributed by atoms with Gasteiger partial charge in [0, 0.05) is 18.5 Å². The van der Waals surface area contributed by atoms with Crippen molar-refractivity contribution in [3.8, 4) is 23.0 Å². The van der Waals surface area contributed by atoms with Crippen LogP contribution in [0, 0.1) is 5.92 Å². The zero-order chi connectivity index (χ0) is 35.2. The van der Waals surface area contributed by atoms with Crippen molar-refractivity contribution in [3.05, 3.63) is 65.0 Å². The molecule has 2 aliphatic rings. The number of rotatable bonds is 13. The summed E-state index contributed by atoms with van der Waals surface area (Å²) in [5, 5.41) is 2.61. The minimum absolute atomic E-state index is 0.00641. The largest absolute Gasteiger partial charge is 0.489 e. The standard InChI is InChI=1S/C33H36F2N4O10/c1-17(36)27-26(38-28(49-27)21-10-11-24(48-32(34)35)25(12-21)46-15-18-4-5-18)29(40)39-14-22(37-33(43)45-3)13-23(39)31(42)47-16-19-6-8-20(9-7-19)30(41)44-2/h6-12,17-18,22-23,32H,4-5,13-16,36H2,1-3H3,(H,37,43)/t17-,22+,23-/m0/s1. The van der Waals surface area contributed by atoms with Crippen LogP contribution in [0.15, 0.2) is 46.9 Å². The maximum Gasteiger partial charge on any atom is 0.407 e. The Balaban J connectivity index is 1.39. The van der Waals surface area contributed by atoms with E-state index in [9.17, 15) is 28.0 Å². The zero-order valence-electron chi connectivity index (χ0n) is 27.0. The number of esters is 2. The van der Waals surface area contributed by atoms with Crippen LogP contribution in [-0.2, 0) is 25.6 Å². The molecule has 2 heterocycles. The van der Waals surface area contributed by atoms with E-state index in [1.165, 1.54) is 49.5 Å². The summed E-state index contributed by atoms with van der Waals surface area (Å²) >= 11 is 0. The number of likely N-dealkylation sites (tertiary alicyclic amines) is 1. The first-order chi connectivity index (χ1) is 23.5. The van der Waals surface area contributed by atoms with Crippen molar-refractivity contribution in [2.45, 2.75) is 57.5 Å². The SMILES string of the molecule is COC(=O)N[C@@H]1C[C@@H](C(=O)OCc2ccc(C(=O)OC)cc2)N(C(=O)c2nc(-c3ccc(OC(F)F)c(OCC4CC4)c3)oc2[C@H](C)N)C1. The molecular formula is C33H36F2N4O10. The number of nitrogens with two attached hydrogens (primary N) is 1. The molecule has 3 aromatic rings. The number of amides is 2. The van der Waals surface area contributed by atoms with E-state index in [4.69, 9.17) is 29.1 Å². The van der Waals surface area contributed by atoms with Gasteiger partial charge in [0.2, 0.25) is 5.89 Å². The predicted molar refractivity (Wildman–Crippen MR) is 166 cm³/mol. The minimum atomic E-state index is -3.07. The van der Waals surface area contributed by atoms with E-state index in [1.807, 2.05) is 0 Å². The van der Waals surface area contributed by atoms with E-state index in [2.05, 4.69) is 15.0 Å². The molecule has 2 aromatic carbocycles. The van der Waals surface area contributed by atoms with Crippen LogP contribution in [0.3, 0.4) is 0 Å². The Bertz CT molecular complexity index is 1680. The van der Waals surface area contributed by atoms with Crippen molar-refractivity contribution in [1.29, 1.82) is 0 Å². The van der Waals surface area contributed by atoms with E-state index in [-0.39, 0.29) is 48.4 Å². The number of hydrogen-bond donors (Lipinski definition) is 2. The number of halogens is 2. The summed E-state index contributed by atoms with van der Waals surface area (Å²) in [5.41, 5.74) is 7.18. The molecule has 3 atom stereocenters. The second-order valence-electron chi connectivity index (χ2n) is 11.7. The first kappa shape index (κ1) is 35.1. The number of aromatic nitrogens is 1. The fourth-order valence-corrected chi connectivity index (χ4v) is 5.21. The van der Waals surface area contributed by atoms with Gasteiger partial charge >= 0.3 is 24.6 Å². The van der Waals surface area contributed by atoms with Gasteiger partial charge in [0.05, 0.1) is 38.5 Å². The first-order valence-corrected chi connectivity index (χ1v) is 15.4. The van der Waals surface area contributed by atoms with Crippen molar-refractivity contribution in [3.63, 3.8) is 0 Å². The molecule has 14 nitrogen and oxygen atoms in total. The van der Waals surface area contributed by atoms with Gasteiger partial charge in [-0.3, -0.25) is 4.79 Å². The van der Waals surface area contributed by atoms with Crippen LogP contribution in [0.2, 0.25) is 0 Å². The molecule has 0 bridgehead atoms. The Morgan fingerprint density at radius 2 is 1.80 bits per heavy atom. The lowest BCUT2D eigenvalue weighted by molar-refractivity contribution is -0.149. The molecule has 1 saturated heterocycles. The number of methoxy groups -OCH3 is 2. The zero-order valence-corrected chi connectivity index (χ0v) is 27.0. The number of nitrogens with zero attached hydrogens (tertiary/aromatic N) is 2. The van der Waals surface area contributed by atoms with Gasteiger partial charge in [-0.2, -0.15) is 8.78 Å². The van der Waals surface area contributed by atoms with Crippen molar-refractivity contribution in [2.24, 2.45) is 11.7 Å². The van der Waals surface area contributed by atoms with Gasteiger partial charge in [0.15, 0.2) is 23.0 Å². The van der Waals surface area contributed by atoms with Crippen LogP contribution in [0.25, 0.3) is 11.5 Å². The number of benzene rings is 2. The average Bonchev–Trinajstić information content (AvgIpc) is 3.65. The second-order valence-corrected chi connectivity index (χ2v) is 11.7. The Morgan fingerprint density at radius 1 is 1.06 bits per heavy atom. The molecule has 1 aromatic heterocycles. The third kappa shape index (κ3) is 8.62.